The largest absolute Gasteiger partial charge is 0.438 e. The molecule has 104 valence electrons. The first-order valence-corrected chi connectivity index (χ1v) is 6.36. The highest BCUT2D eigenvalue weighted by atomic mass is 16.7. The zero-order valence-corrected chi connectivity index (χ0v) is 11.1. The second-order valence-electron chi connectivity index (χ2n) is 4.39. The van der Waals surface area contributed by atoms with Crippen LogP contribution < -0.4 is 5.73 Å². The van der Waals surface area contributed by atoms with E-state index in [1.807, 2.05) is 30.3 Å². The number of hydrogen-bond acceptors (Lipinski definition) is 4. The lowest BCUT2D eigenvalue weighted by atomic mass is 10.1. The summed E-state index contributed by atoms with van der Waals surface area (Å²) in [4.78, 5) is 11.6. The van der Waals surface area contributed by atoms with Crippen LogP contribution in [0.25, 0.3) is 0 Å². The molecule has 0 unspecified atom stereocenters. The summed E-state index contributed by atoms with van der Waals surface area (Å²) in [5.74, 6) is -0.317. The number of carbonyl (C=O) groups excluding carboxylic acids is 1. The molecule has 0 heterocycles. The minimum Gasteiger partial charge on any atom is -0.438 e. The summed E-state index contributed by atoms with van der Waals surface area (Å²) in [5.41, 5.74) is 8.16. The van der Waals surface area contributed by atoms with Crippen LogP contribution in [-0.4, -0.2) is 12.8 Å². The van der Waals surface area contributed by atoms with E-state index in [0.29, 0.717) is 12.3 Å². The fraction of sp³-hybridized carbons (Fsp3) is 0.188. The van der Waals surface area contributed by atoms with Crippen LogP contribution in [0.1, 0.15) is 11.1 Å². The average Bonchev–Trinajstić information content (AvgIpc) is 2.47. The molecule has 0 saturated heterocycles. The van der Waals surface area contributed by atoms with E-state index >= 15 is 0 Å². The molecule has 2 rings (SSSR count). The van der Waals surface area contributed by atoms with Crippen molar-refractivity contribution in [3.63, 3.8) is 0 Å². The van der Waals surface area contributed by atoms with Gasteiger partial charge in [-0.2, -0.15) is 0 Å². The van der Waals surface area contributed by atoms with Crippen molar-refractivity contribution in [2.24, 2.45) is 0 Å². The van der Waals surface area contributed by atoms with Gasteiger partial charge in [-0.15, -0.1) is 0 Å². The molecule has 0 fully saturated rings. The first-order chi connectivity index (χ1) is 9.74. The number of benzene rings is 2. The van der Waals surface area contributed by atoms with Crippen LogP contribution in [0.3, 0.4) is 0 Å². The Labute approximate surface area is 118 Å². The second kappa shape index (κ2) is 7.31. The van der Waals surface area contributed by atoms with Crippen LogP contribution in [0.5, 0.6) is 0 Å². The molecule has 0 atom stereocenters. The van der Waals surface area contributed by atoms with Crippen LogP contribution in [-0.2, 0) is 27.3 Å². The maximum absolute atomic E-state index is 11.6. The van der Waals surface area contributed by atoms with E-state index in [9.17, 15) is 4.79 Å². The number of nitrogens with two attached hydrogens (primary N) is 1. The summed E-state index contributed by atoms with van der Waals surface area (Å²) in [7, 11) is 0. The third-order valence-electron chi connectivity index (χ3n) is 2.74. The van der Waals surface area contributed by atoms with E-state index in [0.717, 1.165) is 11.1 Å². The molecule has 0 aromatic heterocycles. The Hall–Kier alpha value is -2.33. The molecule has 0 aliphatic heterocycles. The van der Waals surface area contributed by atoms with Gasteiger partial charge in [-0.3, -0.25) is 4.79 Å². The van der Waals surface area contributed by atoms with E-state index in [1.165, 1.54) is 0 Å². The van der Waals surface area contributed by atoms with E-state index in [1.54, 1.807) is 24.3 Å². The van der Waals surface area contributed by atoms with E-state index < -0.39 is 0 Å². The van der Waals surface area contributed by atoms with Crippen LogP contribution in [0, 0.1) is 0 Å². The molecule has 0 saturated carbocycles. The molecule has 0 aliphatic rings. The molecule has 4 nitrogen and oxygen atoms in total. The van der Waals surface area contributed by atoms with Gasteiger partial charge in [-0.05, 0) is 23.3 Å². The maximum atomic E-state index is 11.6. The number of ether oxygens (including phenoxy) is 2. The molecule has 2 aromatic carbocycles. The molecule has 0 aliphatic carbocycles. The lowest BCUT2D eigenvalue weighted by Gasteiger charge is -2.06. The SMILES string of the molecule is Nc1ccc(CC(=O)OCOCc2ccccc2)cc1. The van der Waals surface area contributed by atoms with Gasteiger partial charge in [0.05, 0.1) is 13.0 Å². The third-order valence-corrected chi connectivity index (χ3v) is 2.74. The molecule has 0 bridgehead atoms. The number of hydrogen-bond donors (Lipinski definition) is 1. The lowest BCUT2D eigenvalue weighted by molar-refractivity contribution is -0.156. The lowest BCUT2D eigenvalue weighted by Crippen LogP contribution is -2.11. The van der Waals surface area contributed by atoms with Crippen molar-refractivity contribution < 1.29 is 14.3 Å². The van der Waals surface area contributed by atoms with Crippen molar-refractivity contribution in [1.29, 1.82) is 0 Å². The molecular formula is C16H17NO3. The molecule has 2 aromatic rings. The zero-order chi connectivity index (χ0) is 14.2. The molecule has 20 heavy (non-hydrogen) atoms. The Morgan fingerprint density at radius 2 is 1.65 bits per heavy atom. The number of rotatable bonds is 6. The van der Waals surface area contributed by atoms with Crippen molar-refractivity contribution in [3.05, 3.63) is 65.7 Å². The number of carbonyl (C=O) groups is 1. The fourth-order valence-corrected chi connectivity index (χ4v) is 1.69. The van der Waals surface area contributed by atoms with Gasteiger partial charge in [0.2, 0.25) is 0 Å². The first kappa shape index (κ1) is 14.1. The molecule has 0 radical (unpaired) electrons. The number of nitrogen functional groups attached to an aromatic ring is 1. The highest BCUT2D eigenvalue weighted by Gasteiger charge is 2.04. The summed E-state index contributed by atoms with van der Waals surface area (Å²) in [6.07, 6.45) is 0.217. The normalized spacial score (nSPS) is 10.2. The first-order valence-electron chi connectivity index (χ1n) is 6.36. The predicted octanol–water partition coefficient (Wildman–Crippen LogP) is 2.53. The van der Waals surface area contributed by atoms with Gasteiger partial charge in [0.1, 0.15) is 0 Å². The summed E-state index contributed by atoms with van der Waals surface area (Å²) in [5, 5.41) is 0. The zero-order valence-electron chi connectivity index (χ0n) is 11.1. The predicted molar refractivity (Wildman–Crippen MR) is 76.7 cm³/mol. The minimum atomic E-state index is -0.317. The van der Waals surface area contributed by atoms with Crippen molar-refractivity contribution in [2.75, 3.05) is 12.5 Å². The quantitative estimate of drug-likeness (QED) is 0.379. The van der Waals surface area contributed by atoms with Gasteiger partial charge in [-0.25, -0.2) is 0 Å². The monoisotopic (exact) mass is 271 g/mol. The van der Waals surface area contributed by atoms with Gasteiger partial charge in [0.25, 0.3) is 0 Å². The Bertz CT molecular complexity index is 537. The summed E-state index contributed by atoms with van der Waals surface area (Å²) in [6, 6.07) is 16.9. The molecule has 4 heteroatoms. The van der Waals surface area contributed by atoms with Crippen LogP contribution in [0.15, 0.2) is 54.6 Å². The average molecular weight is 271 g/mol. The Morgan fingerprint density at radius 1 is 0.950 bits per heavy atom. The summed E-state index contributed by atoms with van der Waals surface area (Å²) in [6.45, 7) is 0.388. The molecule has 0 amide bonds. The summed E-state index contributed by atoms with van der Waals surface area (Å²) >= 11 is 0. The van der Waals surface area contributed by atoms with Gasteiger partial charge < -0.3 is 15.2 Å². The summed E-state index contributed by atoms with van der Waals surface area (Å²) < 4.78 is 10.3. The molecule has 2 N–H and O–H groups in total. The van der Waals surface area contributed by atoms with E-state index in [-0.39, 0.29) is 19.2 Å². The Balaban J connectivity index is 1.66. The third kappa shape index (κ3) is 4.74. The molecular weight excluding hydrogens is 254 g/mol. The van der Waals surface area contributed by atoms with Crippen LogP contribution in [0.2, 0.25) is 0 Å². The van der Waals surface area contributed by atoms with Crippen LogP contribution in [0.4, 0.5) is 5.69 Å². The van der Waals surface area contributed by atoms with Crippen molar-refractivity contribution >= 4 is 11.7 Å². The highest BCUT2D eigenvalue weighted by molar-refractivity contribution is 5.72. The van der Waals surface area contributed by atoms with E-state index in [4.69, 9.17) is 15.2 Å². The number of esters is 1. The van der Waals surface area contributed by atoms with E-state index in [2.05, 4.69) is 0 Å². The smallest absolute Gasteiger partial charge is 0.312 e. The Morgan fingerprint density at radius 3 is 2.35 bits per heavy atom. The van der Waals surface area contributed by atoms with Gasteiger partial charge >= 0.3 is 5.97 Å². The van der Waals surface area contributed by atoms with Crippen molar-refractivity contribution in [3.8, 4) is 0 Å². The Kier molecular flexibility index (Phi) is 5.15. The standard InChI is InChI=1S/C16H17NO3/c17-15-8-6-13(7-9-15)10-16(18)20-12-19-11-14-4-2-1-3-5-14/h1-9H,10-12,17H2. The van der Waals surface area contributed by atoms with Crippen molar-refractivity contribution in [1.82, 2.24) is 0 Å². The van der Waals surface area contributed by atoms with Gasteiger partial charge in [0.15, 0.2) is 6.79 Å². The van der Waals surface area contributed by atoms with Crippen LogP contribution >= 0.6 is 0 Å². The maximum Gasteiger partial charge on any atom is 0.312 e. The fourth-order valence-electron chi connectivity index (χ4n) is 1.69. The van der Waals surface area contributed by atoms with Crippen molar-refractivity contribution in [2.45, 2.75) is 13.0 Å². The van der Waals surface area contributed by atoms with Gasteiger partial charge in [0, 0.05) is 5.69 Å². The number of anilines is 1. The topological polar surface area (TPSA) is 61.6 Å². The minimum absolute atomic E-state index is 0.0390. The highest BCUT2D eigenvalue weighted by Crippen LogP contribution is 2.07. The van der Waals surface area contributed by atoms with Gasteiger partial charge in [-0.1, -0.05) is 42.5 Å². The molecule has 0 spiro atoms. The second-order valence-corrected chi connectivity index (χ2v) is 4.39.